The lowest BCUT2D eigenvalue weighted by atomic mass is 10.1. The summed E-state index contributed by atoms with van der Waals surface area (Å²) in [6.45, 7) is 1.90. The second-order valence-corrected chi connectivity index (χ2v) is 4.25. The van der Waals surface area contributed by atoms with E-state index in [0.29, 0.717) is 11.4 Å². The van der Waals surface area contributed by atoms with Crippen molar-refractivity contribution >= 4 is 17.3 Å². The highest BCUT2D eigenvalue weighted by atomic mass is 16.3. The third-order valence-electron chi connectivity index (χ3n) is 2.69. The van der Waals surface area contributed by atoms with Crippen LogP contribution >= 0.6 is 0 Å². The molecule has 0 bridgehead atoms. The van der Waals surface area contributed by atoms with Crippen LogP contribution in [-0.4, -0.2) is 16.1 Å². The zero-order chi connectivity index (χ0) is 14.0. The number of benzene rings is 2. The van der Waals surface area contributed by atoms with Crippen LogP contribution in [0.5, 0.6) is 11.5 Å². The fraction of sp³-hybridized carbons (Fsp3) is 0.0714. The summed E-state index contributed by atoms with van der Waals surface area (Å²) < 4.78 is 0. The molecule has 98 valence electrons. The maximum absolute atomic E-state index is 12.0. The fourth-order valence-corrected chi connectivity index (χ4v) is 1.66. The van der Waals surface area contributed by atoms with Crippen molar-refractivity contribution in [3.63, 3.8) is 0 Å². The summed E-state index contributed by atoms with van der Waals surface area (Å²) in [5.74, 6) is -1.03. The van der Waals surface area contributed by atoms with Crippen molar-refractivity contribution in [1.82, 2.24) is 0 Å². The van der Waals surface area contributed by atoms with Gasteiger partial charge in [0.1, 0.15) is 0 Å². The van der Waals surface area contributed by atoms with Crippen molar-refractivity contribution < 1.29 is 15.0 Å². The van der Waals surface area contributed by atoms with Gasteiger partial charge in [-0.2, -0.15) is 0 Å². The molecule has 0 aliphatic rings. The lowest BCUT2D eigenvalue weighted by Gasteiger charge is -2.09. The molecule has 0 aliphatic heterocycles. The van der Waals surface area contributed by atoms with Gasteiger partial charge in [0.2, 0.25) is 0 Å². The molecule has 0 saturated carbocycles. The molecular weight excluding hydrogens is 244 g/mol. The average molecular weight is 258 g/mol. The molecule has 5 N–H and O–H groups in total. The Hall–Kier alpha value is -2.69. The van der Waals surface area contributed by atoms with Gasteiger partial charge in [-0.25, -0.2) is 0 Å². The van der Waals surface area contributed by atoms with Crippen LogP contribution in [0, 0.1) is 6.92 Å². The molecule has 0 spiro atoms. The van der Waals surface area contributed by atoms with E-state index in [1.165, 1.54) is 18.2 Å². The largest absolute Gasteiger partial charge is 0.504 e. The molecule has 0 saturated heterocycles. The van der Waals surface area contributed by atoms with Crippen LogP contribution in [-0.2, 0) is 0 Å². The van der Waals surface area contributed by atoms with E-state index in [0.717, 1.165) is 5.56 Å². The number of phenols is 2. The molecule has 0 aliphatic carbocycles. The number of nitrogens with one attached hydrogen (secondary N) is 1. The van der Waals surface area contributed by atoms with Crippen molar-refractivity contribution in [3.05, 3.63) is 47.5 Å². The Kier molecular flexibility index (Phi) is 3.29. The van der Waals surface area contributed by atoms with E-state index in [4.69, 9.17) is 5.73 Å². The van der Waals surface area contributed by atoms with Gasteiger partial charge in [-0.15, -0.1) is 0 Å². The van der Waals surface area contributed by atoms with Crippen molar-refractivity contribution in [2.45, 2.75) is 6.92 Å². The molecule has 5 heteroatoms. The van der Waals surface area contributed by atoms with E-state index in [2.05, 4.69) is 5.32 Å². The Balaban J connectivity index is 2.23. The number of aryl methyl sites for hydroxylation is 1. The van der Waals surface area contributed by atoms with E-state index in [-0.39, 0.29) is 17.1 Å². The number of nitrogens with two attached hydrogens (primary N) is 1. The molecule has 5 nitrogen and oxygen atoms in total. The lowest BCUT2D eigenvalue weighted by molar-refractivity contribution is 0.102. The Morgan fingerprint density at radius 3 is 2.47 bits per heavy atom. The van der Waals surface area contributed by atoms with Crippen molar-refractivity contribution in [2.75, 3.05) is 11.1 Å². The number of rotatable bonds is 2. The van der Waals surface area contributed by atoms with Crippen LogP contribution in [0.2, 0.25) is 0 Å². The molecule has 19 heavy (non-hydrogen) atoms. The van der Waals surface area contributed by atoms with Gasteiger partial charge in [-0.3, -0.25) is 4.79 Å². The highest BCUT2D eigenvalue weighted by molar-refractivity contribution is 6.06. The minimum Gasteiger partial charge on any atom is -0.504 e. The number of phenolic OH excluding ortho intramolecular Hbond substituents is 2. The van der Waals surface area contributed by atoms with Crippen LogP contribution < -0.4 is 11.1 Å². The van der Waals surface area contributed by atoms with E-state index < -0.39 is 5.91 Å². The number of amides is 1. The van der Waals surface area contributed by atoms with Crippen molar-refractivity contribution in [1.29, 1.82) is 0 Å². The molecule has 0 fully saturated rings. The van der Waals surface area contributed by atoms with E-state index in [9.17, 15) is 15.0 Å². The van der Waals surface area contributed by atoms with Gasteiger partial charge < -0.3 is 21.3 Å². The first kappa shape index (κ1) is 12.8. The van der Waals surface area contributed by atoms with Gasteiger partial charge in [0.15, 0.2) is 11.5 Å². The summed E-state index contributed by atoms with van der Waals surface area (Å²) >= 11 is 0. The molecule has 0 heterocycles. The molecular formula is C14H14N2O3. The zero-order valence-corrected chi connectivity index (χ0v) is 10.3. The summed E-state index contributed by atoms with van der Waals surface area (Å²) in [6.07, 6.45) is 0. The molecule has 0 atom stereocenters. The molecule has 1 amide bonds. The van der Waals surface area contributed by atoms with E-state index >= 15 is 0 Å². The van der Waals surface area contributed by atoms with Crippen LogP contribution in [0.4, 0.5) is 11.4 Å². The summed E-state index contributed by atoms with van der Waals surface area (Å²) in [6, 6.07) is 9.15. The maximum atomic E-state index is 12.0. The smallest absolute Gasteiger partial charge is 0.255 e. The monoisotopic (exact) mass is 258 g/mol. The Labute approximate surface area is 110 Å². The predicted octanol–water partition coefficient (Wildman–Crippen LogP) is 2.24. The molecule has 2 rings (SSSR count). The third kappa shape index (κ3) is 2.77. The summed E-state index contributed by atoms with van der Waals surface area (Å²) in [5, 5.41) is 21.2. The van der Waals surface area contributed by atoms with Crippen LogP contribution in [0.15, 0.2) is 36.4 Å². The Morgan fingerprint density at radius 1 is 1.11 bits per heavy atom. The zero-order valence-electron chi connectivity index (χ0n) is 10.3. The maximum Gasteiger partial charge on any atom is 0.255 e. The fourth-order valence-electron chi connectivity index (χ4n) is 1.66. The molecule has 2 aromatic carbocycles. The third-order valence-corrected chi connectivity index (χ3v) is 2.69. The first-order valence-electron chi connectivity index (χ1n) is 5.67. The topological polar surface area (TPSA) is 95.6 Å². The number of carbonyl (C=O) groups is 1. The number of hydrogen-bond acceptors (Lipinski definition) is 4. The predicted molar refractivity (Wildman–Crippen MR) is 73.3 cm³/mol. The summed E-state index contributed by atoms with van der Waals surface area (Å²) in [7, 11) is 0. The van der Waals surface area contributed by atoms with Gasteiger partial charge in [0.25, 0.3) is 5.91 Å². The van der Waals surface area contributed by atoms with E-state index in [1.54, 1.807) is 12.1 Å². The van der Waals surface area contributed by atoms with Crippen LogP contribution in [0.1, 0.15) is 15.9 Å². The summed E-state index contributed by atoms with van der Waals surface area (Å²) in [5.41, 5.74) is 8.00. The molecule has 0 unspecified atom stereocenters. The number of carbonyl (C=O) groups excluding carboxylic acids is 1. The second-order valence-electron chi connectivity index (χ2n) is 4.25. The number of aromatic hydroxyl groups is 2. The first-order valence-corrected chi connectivity index (χ1v) is 5.67. The minimum atomic E-state index is -0.411. The van der Waals surface area contributed by atoms with Gasteiger partial charge in [0, 0.05) is 5.56 Å². The molecule has 0 radical (unpaired) electrons. The average Bonchev–Trinajstić information content (AvgIpc) is 2.36. The lowest BCUT2D eigenvalue weighted by Crippen LogP contribution is -2.13. The van der Waals surface area contributed by atoms with Crippen molar-refractivity contribution in [2.24, 2.45) is 0 Å². The second kappa shape index (κ2) is 4.89. The Bertz CT molecular complexity index is 639. The summed E-state index contributed by atoms with van der Waals surface area (Å²) in [4.78, 5) is 12.0. The van der Waals surface area contributed by atoms with Gasteiger partial charge >= 0.3 is 0 Å². The van der Waals surface area contributed by atoms with Crippen molar-refractivity contribution in [3.8, 4) is 11.5 Å². The first-order chi connectivity index (χ1) is 8.97. The van der Waals surface area contributed by atoms with Gasteiger partial charge in [0.05, 0.1) is 11.4 Å². The molecule has 2 aromatic rings. The minimum absolute atomic E-state index is 0.232. The highest BCUT2D eigenvalue weighted by Gasteiger charge is 2.10. The SMILES string of the molecule is Cc1ccc(NC(=O)c2ccc(O)c(O)c2)c(N)c1. The van der Waals surface area contributed by atoms with E-state index in [1.807, 2.05) is 13.0 Å². The van der Waals surface area contributed by atoms with Gasteiger partial charge in [-0.1, -0.05) is 6.07 Å². The number of nitrogen functional groups attached to an aromatic ring is 1. The van der Waals surface area contributed by atoms with Crippen LogP contribution in [0.25, 0.3) is 0 Å². The number of hydrogen-bond donors (Lipinski definition) is 4. The standard InChI is InChI=1S/C14H14N2O3/c1-8-2-4-11(10(15)6-8)16-14(19)9-3-5-12(17)13(18)7-9/h2-7,17-18H,15H2,1H3,(H,16,19). The Morgan fingerprint density at radius 2 is 1.84 bits per heavy atom. The van der Waals surface area contributed by atoms with Crippen LogP contribution in [0.3, 0.4) is 0 Å². The number of anilines is 2. The van der Waals surface area contributed by atoms with Gasteiger partial charge in [-0.05, 0) is 42.8 Å². The highest BCUT2D eigenvalue weighted by Crippen LogP contribution is 2.26. The normalized spacial score (nSPS) is 10.2. The molecule has 0 aromatic heterocycles. The quantitative estimate of drug-likeness (QED) is 0.490.